The normalized spacial score (nSPS) is 10.8. The Hall–Kier alpha value is -3.41. The van der Waals surface area contributed by atoms with Crippen LogP contribution in [0.5, 0.6) is 5.75 Å². The average Bonchev–Trinajstić information content (AvgIpc) is 2.98. The van der Waals surface area contributed by atoms with Crippen molar-refractivity contribution in [3.63, 3.8) is 0 Å². The van der Waals surface area contributed by atoms with Crippen molar-refractivity contribution in [3.05, 3.63) is 66.6 Å². The van der Waals surface area contributed by atoms with Crippen molar-refractivity contribution in [1.82, 2.24) is 19.4 Å². The number of nitrogens with one attached hydrogen (secondary N) is 1. The Morgan fingerprint density at radius 2 is 1.84 bits per heavy atom. The molecule has 1 N–H and O–H groups in total. The van der Waals surface area contributed by atoms with Crippen LogP contribution in [0.15, 0.2) is 60.9 Å². The van der Waals surface area contributed by atoms with Crippen LogP contribution in [0.3, 0.4) is 0 Å². The van der Waals surface area contributed by atoms with Crippen LogP contribution in [0, 0.1) is 6.92 Å². The number of pyridine rings is 1. The van der Waals surface area contributed by atoms with Gasteiger partial charge in [-0.05, 0) is 49.4 Å². The third kappa shape index (κ3) is 2.89. The summed E-state index contributed by atoms with van der Waals surface area (Å²) in [5.41, 5.74) is 3.61. The molecule has 1 aromatic carbocycles. The molecule has 0 saturated heterocycles. The molecule has 0 aliphatic carbocycles. The number of fused-ring (bicyclic) bond motifs is 1. The minimum Gasteiger partial charge on any atom is -0.497 e. The van der Waals surface area contributed by atoms with E-state index in [0.717, 1.165) is 34.3 Å². The second-order valence-corrected chi connectivity index (χ2v) is 5.59. The van der Waals surface area contributed by atoms with Gasteiger partial charge in [0.1, 0.15) is 22.9 Å². The first-order chi connectivity index (χ1) is 12.2. The molecule has 3 aromatic heterocycles. The molecule has 25 heavy (non-hydrogen) atoms. The number of ether oxygens (including phenoxy) is 1. The second kappa shape index (κ2) is 6.24. The molecular formula is C19H17N5O. The maximum Gasteiger partial charge on any atom is 0.180 e. The maximum atomic E-state index is 5.18. The Bertz CT molecular complexity index is 1020. The van der Waals surface area contributed by atoms with E-state index in [9.17, 15) is 0 Å². The van der Waals surface area contributed by atoms with Gasteiger partial charge in [-0.15, -0.1) is 0 Å². The Morgan fingerprint density at radius 1 is 1.00 bits per heavy atom. The summed E-state index contributed by atoms with van der Waals surface area (Å²) in [4.78, 5) is 13.7. The van der Waals surface area contributed by atoms with E-state index in [0.29, 0.717) is 5.82 Å². The van der Waals surface area contributed by atoms with Gasteiger partial charge in [-0.1, -0.05) is 6.07 Å². The zero-order chi connectivity index (χ0) is 17.2. The van der Waals surface area contributed by atoms with Crippen LogP contribution in [-0.4, -0.2) is 26.5 Å². The molecule has 0 unspecified atom stereocenters. The van der Waals surface area contributed by atoms with E-state index in [4.69, 9.17) is 4.74 Å². The van der Waals surface area contributed by atoms with E-state index in [1.54, 1.807) is 13.3 Å². The largest absolute Gasteiger partial charge is 0.497 e. The minimum atomic E-state index is 0.634. The van der Waals surface area contributed by atoms with Crippen LogP contribution in [0.1, 0.15) is 5.69 Å². The minimum absolute atomic E-state index is 0.634. The van der Waals surface area contributed by atoms with Crippen molar-refractivity contribution < 1.29 is 4.74 Å². The van der Waals surface area contributed by atoms with Crippen LogP contribution in [0.2, 0.25) is 0 Å². The van der Waals surface area contributed by atoms with E-state index in [1.807, 2.05) is 66.1 Å². The van der Waals surface area contributed by atoms with Crippen molar-refractivity contribution in [2.75, 3.05) is 12.4 Å². The van der Waals surface area contributed by atoms with Crippen molar-refractivity contribution in [3.8, 4) is 17.3 Å². The van der Waals surface area contributed by atoms with Crippen LogP contribution >= 0.6 is 0 Å². The first kappa shape index (κ1) is 15.1. The summed E-state index contributed by atoms with van der Waals surface area (Å²) >= 11 is 0. The third-order valence-corrected chi connectivity index (χ3v) is 3.93. The van der Waals surface area contributed by atoms with E-state index in [-0.39, 0.29) is 0 Å². The number of aromatic nitrogens is 4. The lowest BCUT2D eigenvalue weighted by Crippen LogP contribution is -1.99. The molecule has 4 aromatic rings. The summed E-state index contributed by atoms with van der Waals surface area (Å²) in [6.07, 6.45) is 3.72. The van der Waals surface area contributed by atoms with Gasteiger partial charge < -0.3 is 10.1 Å². The molecule has 0 aliphatic rings. The molecule has 0 spiro atoms. The summed E-state index contributed by atoms with van der Waals surface area (Å²) < 4.78 is 7.18. The molecule has 0 bridgehead atoms. The summed E-state index contributed by atoms with van der Waals surface area (Å²) in [6, 6.07) is 15.4. The van der Waals surface area contributed by atoms with E-state index in [1.165, 1.54) is 0 Å². The number of anilines is 2. The fraction of sp³-hybridized carbons (Fsp3) is 0.105. The second-order valence-electron chi connectivity index (χ2n) is 5.59. The Morgan fingerprint density at radius 3 is 2.64 bits per heavy atom. The van der Waals surface area contributed by atoms with Gasteiger partial charge in [0.05, 0.1) is 12.8 Å². The smallest absolute Gasteiger partial charge is 0.180 e. The van der Waals surface area contributed by atoms with Gasteiger partial charge >= 0.3 is 0 Å². The number of hydrogen-bond acceptors (Lipinski definition) is 5. The van der Waals surface area contributed by atoms with Gasteiger partial charge in [-0.2, -0.15) is 0 Å². The Kier molecular flexibility index (Phi) is 3.78. The van der Waals surface area contributed by atoms with Gasteiger partial charge in [-0.3, -0.25) is 4.40 Å². The maximum absolute atomic E-state index is 5.18. The lowest BCUT2D eigenvalue weighted by atomic mass is 10.3. The Balaban J connectivity index is 1.70. The van der Waals surface area contributed by atoms with Gasteiger partial charge in [0.25, 0.3) is 0 Å². The molecule has 0 atom stereocenters. The highest BCUT2D eigenvalue weighted by molar-refractivity contribution is 5.64. The molecule has 124 valence electrons. The van der Waals surface area contributed by atoms with Gasteiger partial charge in [0.2, 0.25) is 0 Å². The van der Waals surface area contributed by atoms with E-state index >= 15 is 0 Å². The topological polar surface area (TPSA) is 64.3 Å². The summed E-state index contributed by atoms with van der Waals surface area (Å²) in [5, 5.41) is 3.29. The fourth-order valence-electron chi connectivity index (χ4n) is 2.75. The Labute approximate surface area is 145 Å². The SMILES string of the molecule is COc1ccc(Nc2ccnc(-c3c(C)nc4ccccn34)n2)cc1. The highest BCUT2D eigenvalue weighted by Gasteiger charge is 2.13. The van der Waals surface area contributed by atoms with Gasteiger partial charge in [0, 0.05) is 18.1 Å². The quantitative estimate of drug-likeness (QED) is 0.615. The van der Waals surface area contributed by atoms with Crippen LogP contribution in [0.25, 0.3) is 17.2 Å². The van der Waals surface area contributed by atoms with Crippen molar-refractivity contribution in [2.45, 2.75) is 6.92 Å². The lowest BCUT2D eigenvalue weighted by molar-refractivity contribution is 0.415. The molecule has 0 radical (unpaired) electrons. The number of hydrogen-bond donors (Lipinski definition) is 1. The molecule has 0 saturated carbocycles. The molecule has 0 fully saturated rings. The van der Waals surface area contributed by atoms with Crippen molar-refractivity contribution >= 4 is 17.2 Å². The standard InChI is InChI=1S/C19H17N5O/c1-13-18(24-12-4-3-5-17(24)21-13)19-20-11-10-16(23-19)22-14-6-8-15(25-2)9-7-14/h3-12H,1-2H3,(H,20,22,23). The zero-order valence-electron chi connectivity index (χ0n) is 14.0. The van der Waals surface area contributed by atoms with Crippen LogP contribution < -0.4 is 10.1 Å². The number of nitrogens with zero attached hydrogens (tertiary/aromatic N) is 4. The van der Waals surface area contributed by atoms with Crippen molar-refractivity contribution in [2.24, 2.45) is 0 Å². The van der Waals surface area contributed by atoms with Crippen molar-refractivity contribution in [1.29, 1.82) is 0 Å². The van der Waals surface area contributed by atoms with E-state index in [2.05, 4.69) is 20.3 Å². The van der Waals surface area contributed by atoms with Gasteiger partial charge in [0.15, 0.2) is 5.82 Å². The third-order valence-electron chi connectivity index (χ3n) is 3.93. The van der Waals surface area contributed by atoms with Gasteiger partial charge in [-0.25, -0.2) is 15.0 Å². The monoisotopic (exact) mass is 331 g/mol. The average molecular weight is 331 g/mol. The number of methoxy groups -OCH3 is 1. The predicted octanol–water partition coefficient (Wildman–Crippen LogP) is 3.85. The predicted molar refractivity (Wildman–Crippen MR) is 97.2 cm³/mol. The summed E-state index contributed by atoms with van der Waals surface area (Å²) in [7, 11) is 1.65. The molecule has 0 amide bonds. The van der Waals surface area contributed by atoms with Crippen LogP contribution in [0.4, 0.5) is 11.5 Å². The first-order valence-corrected chi connectivity index (χ1v) is 7.93. The first-order valence-electron chi connectivity index (χ1n) is 7.93. The highest BCUT2D eigenvalue weighted by Crippen LogP contribution is 2.24. The van der Waals surface area contributed by atoms with Crippen LogP contribution in [-0.2, 0) is 0 Å². The molecule has 6 nitrogen and oxygen atoms in total. The molecule has 4 rings (SSSR count). The molecule has 0 aliphatic heterocycles. The zero-order valence-corrected chi connectivity index (χ0v) is 14.0. The fourth-order valence-corrected chi connectivity index (χ4v) is 2.75. The lowest BCUT2D eigenvalue weighted by Gasteiger charge is -2.08. The number of rotatable bonds is 4. The number of imidazole rings is 1. The molecular weight excluding hydrogens is 314 g/mol. The number of benzene rings is 1. The van der Waals surface area contributed by atoms with E-state index < -0.39 is 0 Å². The number of aryl methyl sites for hydroxylation is 1. The molecule has 3 heterocycles. The summed E-state index contributed by atoms with van der Waals surface area (Å²) in [6.45, 7) is 1.97. The summed E-state index contributed by atoms with van der Waals surface area (Å²) in [5.74, 6) is 2.17. The highest BCUT2D eigenvalue weighted by atomic mass is 16.5. The molecule has 6 heteroatoms.